The first-order chi connectivity index (χ1) is 6.99. The molecule has 0 saturated heterocycles. The van der Waals surface area contributed by atoms with Crippen LogP contribution in [0.15, 0.2) is 28.0 Å². The zero-order valence-corrected chi connectivity index (χ0v) is 10.2. The number of benzene rings is 1. The predicted octanol–water partition coefficient (Wildman–Crippen LogP) is 1.29. The molecule has 0 saturated carbocycles. The Morgan fingerprint density at radius 1 is 1.47 bits per heavy atom. The van der Waals surface area contributed by atoms with Crippen LogP contribution in [-0.4, -0.2) is 26.1 Å². The summed E-state index contributed by atoms with van der Waals surface area (Å²) in [6.07, 6.45) is 3.01. The maximum atomic E-state index is 11.5. The molecule has 6 heteroatoms. The summed E-state index contributed by atoms with van der Waals surface area (Å²) in [4.78, 5) is 1.03. The van der Waals surface area contributed by atoms with Gasteiger partial charge >= 0.3 is 0 Å². The molecule has 0 aliphatic rings. The second kappa shape index (κ2) is 4.98. The van der Waals surface area contributed by atoms with Crippen molar-refractivity contribution in [3.05, 3.63) is 23.8 Å². The van der Waals surface area contributed by atoms with Crippen LogP contribution in [0.2, 0.25) is 0 Å². The smallest absolute Gasteiger partial charge is 0.176 e. The van der Waals surface area contributed by atoms with E-state index in [4.69, 9.17) is 5.21 Å². The van der Waals surface area contributed by atoms with E-state index >= 15 is 0 Å². The van der Waals surface area contributed by atoms with E-state index in [-0.39, 0.29) is 6.54 Å². The second-order valence-electron chi connectivity index (χ2n) is 3.09. The van der Waals surface area contributed by atoms with Crippen LogP contribution in [0.4, 0.5) is 0 Å². The molecule has 0 fully saturated rings. The van der Waals surface area contributed by atoms with Gasteiger partial charge in [-0.1, -0.05) is 6.07 Å². The Morgan fingerprint density at radius 2 is 2.13 bits per heavy atom. The highest BCUT2D eigenvalue weighted by Crippen LogP contribution is 2.25. The number of rotatable bonds is 4. The summed E-state index contributed by atoms with van der Waals surface area (Å²) in [5, 5.41) is 8.54. The van der Waals surface area contributed by atoms with Crippen molar-refractivity contribution in [3.8, 4) is 0 Å². The molecular formula is C9H13NO3S2. The van der Waals surface area contributed by atoms with Crippen molar-refractivity contribution in [1.82, 2.24) is 5.48 Å². The van der Waals surface area contributed by atoms with Crippen molar-refractivity contribution in [3.63, 3.8) is 0 Å². The minimum atomic E-state index is -3.22. The van der Waals surface area contributed by atoms with Gasteiger partial charge in [-0.05, 0) is 24.0 Å². The SMILES string of the molecule is CSc1ccc(CNO)cc1S(C)(=O)=O. The van der Waals surface area contributed by atoms with Gasteiger partial charge in [-0.3, -0.25) is 0 Å². The standard InChI is InChI=1S/C9H13NO3S2/c1-14-8-4-3-7(6-10-11)5-9(8)15(2,12)13/h3-5,10-11H,6H2,1-2H3. The van der Waals surface area contributed by atoms with Gasteiger partial charge in [-0.15, -0.1) is 11.8 Å². The average Bonchev–Trinajstić information content (AvgIpc) is 2.17. The van der Waals surface area contributed by atoms with Crippen LogP contribution in [0.5, 0.6) is 0 Å². The van der Waals surface area contributed by atoms with Crippen molar-refractivity contribution in [2.24, 2.45) is 0 Å². The third-order valence-electron chi connectivity index (χ3n) is 1.91. The van der Waals surface area contributed by atoms with Crippen LogP contribution >= 0.6 is 11.8 Å². The fraction of sp³-hybridized carbons (Fsp3) is 0.333. The highest BCUT2D eigenvalue weighted by molar-refractivity contribution is 7.99. The van der Waals surface area contributed by atoms with Gasteiger partial charge in [-0.2, -0.15) is 0 Å². The van der Waals surface area contributed by atoms with Gasteiger partial charge in [0, 0.05) is 17.7 Å². The van der Waals surface area contributed by atoms with Gasteiger partial charge < -0.3 is 5.21 Å². The third-order valence-corrected chi connectivity index (χ3v) is 3.97. The molecule has 4 nitrogen and oxygen atoms in total. The fourth-order valence-electron chi connectivity index (χ4n) is 1.21. The molecule has 2 N–H and O–H groups in total. The molecule has 1 rings (SSSR count). The zero-order chi connectivity index (χ0) is 11.5. The second-order valence-corrected chi connectivity index (χ2v) is 5.92. The molecule has 84 valence electrons. The number of hydrogen-bond acceptors (Lipinski definition) is 5. The molecule has 0 spiro atoms. The molecule has 0 bridgehead atoms. The van der Waals surface area contributed by atoms with E-state index in [0.717, 1.165) is 10.5 Å². The average molecular weight is 247 g/mol. The largest absolute Gasteiger partial charge is 0.316 e. The number of sulfone groups is 1. The van der Waals surface area contributed by atoms with E-state index in [1.54, 1.807) is 18.2 Å². The van der Waals surface area contributed by atoms with Crippen molar-refractivity contribution < 1.29 is 13.6 Å². The molecule has 0 unspecified atom stereocenters. The summed E-state index contributed by atoms with van der Waals surface area (Å²) >= 11 is 1.39. The Bertz CT molecular complexity index is 443. The molecule has 0 radical (unpaired) electrons. The van der Waals surface area contributed by atoms with E-state index in [9.17, 15) is 8.42 Å². The fourth-order valence-corrected chi connectivity index (χ4v) is 3.18. The summed E-state index contributed by atoms with van der Waals surface area (Å²) in [5.41, 5.74) is 2.73. The number of hydrogen-bond donors (Lipinski definition) is 2. The maximum absolute atomic E-state index is 11.5. The topological polar surface area (TPSA) is 66.4 Å². The minimum absolute atomic E-state index is 0.233. The normalized spacial score (nSPS) is 11.7. The predicted molar refractivity (Wildman–Crippen MR) is 60.0 cm³/mol. The molecule has 0 aliphatic carbocycles. The third kappa shape index (κ3) is 3.20. The van der Waals surface area contributed by atoms with Crippen molar-refractivity contribution in [2.75, 3.05) is 12.5 Å². The first kappa shape index (κ1) is 12.5. The van der Waals surface area contributed by atoms with Crippen LogP contribution in [0.1, 0.15) is 5.56 Å². The summed E-state index contributed by atoms with van der Waals surface area (Å²) in [5.74, 6) is 0. The van der Waals surface area contributed by atoms with E-state index in [1.807, 2.05) is 11.7 Å². The Balaban J connectivity index is 3.26. The summed E-state index contributed by atoms with van der Waals surface area (Å²) in [7, 11) is -3.22. The minimum Gasteiger partial charge on any atom is -0.316 e. The lowest BCUT2D eigenvalue weighted by atomic mass is 10.2. The van der Waals surface area contributed by atoms with Crippen molar-refractivity contribution >= 4 is 21.6 Å². The van der Waals surface area contributed by atoms with Gasteiger partial charge in [0.05, 0.1) is 4.90 Å². The van der Waals surface area contributed by atoms with Crippen LogP contribution in [0.25, 0.3) is 0 Å². The Labute approximate surface area is 93.6 Å². The van der Waals surface area contributed by atoms with Crippen LogP contribution in [-0.2, 0) is 16.4 Å². The van der Waals surface area contributed by atoms with E-state index in [1.165, 1.54) is 18.0 Å². The van der Waals surface area contributed by atoms with Crippen LogP contribution in [0, 0.1) is 0 Å². The Hall–Kier alpha value is -0.560. The Kier molecular flexibility index (Phi) is 4.15. The van der Waals surface area contributed by atoms with Crippen LogP contribution < -0.4 is 5.48 Å². The van der Waals surface area contributed by atoms with Crippen molar-refractivity contribution in [2.45, 2.75) is 16.3 Å². The van der Waals surface area contributed by atoms with Crippen molar-refractivity contribution in [1.29, 1.82) is 0 Å². The monoisotopic (exact) mass is 247 g/mol. The van der Waals surface area contributed by atoms with Gasteiger partial charge in [0.15, 0.2) is 9.84 Å². The first-order valence-corrected chi connectivity index (χ1v) is 7.34. The van der Waals surface area contributed by atoms with Gasteiger partial charge in [0.2, 0.25) is 0 Å². The van der Waals surface area contributed by atoms with E-state index < -0.39 is 9.84 Å². The van der Waals surface area contributed by atoms with Crippen LogP contribution in [0.3, 0.4) is 0 Å². The zero-order valence-electron chi connectivity index (χ0n) is 8.52. The lowest BCUT2D eigenvalue weighted by molar-refractivity contribution is 0.161. The van der Waals surface area contributed by atoms with E-state index in [2.05, 4.69) is 0 Å². The molecular weight excluding hydrogens is 234 g/mol. The Morgan fingerprint density at radius 3 is 2.60 bits per heavy atom. The lowest BCUT2D eigenvalue weighted by Gasteiger charge is -2.07. The van der Waals surface area contributed by atoms with Gasteiger partial charge in [0.1, 0.15) is 0 Å². The number of nitrogens with one attached hydrogen (secondary N) is 1. The summed E-state index contributed by atoms with van der Waals surface area (Å²) in [6.45, 7) is 0.233. The number of thioether (sulfide) groups is 1. The summed E-state index contributed by atoms with van der Waals surface area (Å²) in [6, 6.07) is 5.10. The molecule has 15 heavy (non-hydrogen) atoms. The molecule has 1 aromatic rings. The highest BCUT2D eigenvalue weighted by Gasteiger charge is 2.13. The molecule has 0 amide bonds. The first-order valence-electron chi connectivity index (χ1n) is 4.23. The molecule has 0 aliphatic heterocycles. The van der Waals surface area contributed by atoms with E-state index in [0.29, 0.717) is 4.90 Å². The lowest BCUT2D eigenvalue weighted by Crippen LogP contribution is -2.08. The molecule has 0 aromatic heterocycles. The van der Waals surface area contributed by atoms with Gasteiger partial charge in [-0.25, -0.2) is 13.9 Å². The quantitative estimate of drug-likeness (QED) is 0.620. The molecule has 0 atom stereocenters. The molecule has 0 heterocycles. The maximum Gasteiger partial charge on any atom is 0.176 e. The summed E-state index contributed by atoms with van der Waals surface area (Å²) < 4.78 is 22.9. The number of hydroxylamine groups is 1. The highest BCUT2D eigenvalue weighted by atomic mass is 32.2. The molecule has 1 aromatic carbocycles. The van der Waals surface area contributed by atoms with Gasteiger partial charge in [0.25, 0.3) is 0 Å².